The number of carbonyl (C=O) groups excluding carboxylic acids is 2. The fourth-order valence-corrected chi connectivity index (χ4v) is 5.06. The number of aromatic nitrogens is 1. The van der Waals surface area contributed by atoms with Gasteiger partial charge in [0.2, 0.25) is 0 Å². The molecule has 188 valence electrons. The Morgan fingerprint density at radius 2 is 1.73 bits per heavy atom. The van der Waals surface area contributed by atoms with Crippen LogP contribution in [-0.2, 0) is 6.54 Å². The number of para-hydroxylation sites is 1. The summed E-state index contributed by atoms with van der Waals surface area (Å²) in [6.45, 7) is 1.03. The minimum absolute atomic E-state index is 0.0468. The zero-order valence-corrected chi connectivity index (χ0v) is 22.0. The Bertz CT molecular complexity index is 1460. The molecule has 1 aliphatic rings. The van der Waals surface area contributed by atoms with Crippen LogP contribution in [0.4, 0.5) is 11.4 Å². The Hall–Kier alpha value is -3.58. The average molecular weight is 533 g/mol. The van der Waals surface area contributed by atoms with E-state index in [1.807, 2.05) is 55.5 Å². The van der Waals surface area contributed by atoms with Gasteiger partial charge in [0.05, 0.1) is 17.3 Å². The highest BCUT2D eigenvalue weighted by atomic mass is 35.5. The standard InChI is InChI=1S/C29H26Cl2N4O2/c1-33(2)18-35(29(37)23-14-11-21(30)16-24(23)31)22-12-9-19(10-13-22)28(36)27-26-8-5-15-34(26)17-20-6-3-4-7-25(20)32-27/h3-16,27,32H,17-18H2,1-2H3. The molecule has 0 radical (unpaired) electrons. The molecule has 0 saturated heterocycles. The number of amides is 1. The second kappa shape index (κ2) is 10.4. The third-order valence-electron chi connectivity index (χ3n) is 6.37. The van der Waals surface area contributed by atoms with Gasteiger partial charge in [-0.2, -0.15) is 0 Å². The van der Waals surface area contributed by atoms with E-state index in [0.29, 0.717) is 35.1 Å². The van der Waals surface area contributed by atoms with Crippen molar-refractivity contribution in [3.05, 3.63) is 117 Å². The molecule has 6 nitrogen and oxygen atoms in total. The van der Waals surface area contributed by atoms with Crippen molar-refractivity contribution in [2.75, 3.05) is 31.0 Å². The number of benzene rings is 3. The Morgan fingerprint density at radius 1 is 0.973 bits per heavy atom. The molecule has 0 bridgehead atoms. The van der Waals surface area contributed by atoms with Crippen LogP contribution in [0.3, 0.4) is 0 Å². The van der Waals surface area contributed by atoms with Gasteiger partial charge in [-0.1, -0.05) is 41.4 Å². The number of rotatable bonds is 6. The highest BCUT2D eigenvalue weighted by Gasteiger charge is 2.28. The normalized spacial score (nSPS) is 14.4. The first-order chi connectivity index (χ1) is 17.8. The summed E-state index contributed by atoms with van der Waals surface area (Å²) in [5.41, 5.74) is 4.55. The van der Waals surface area contributed by atoms with Crippen LogP contribution in [0.15, 0.2) is 85.1 Å². The van der Waals surface area contributed by atoms with Crippen LogP contribution in [0.1, 0.15) is 38.0 Å². The lowest BCUT2D eigenvalue weighted by Gasteiger charge is -2.27. The van der Waals surface area contributed by atoms with Crippen molar-refractivity contribution in [3.63, 3.8) is 0 Å². The van der Waals surface area contributed by atoms with Gasteiger partial charge >= 0.3 is 0 Å². The van der Waals surface area contributed by atoms with Crippen molar-refractivity contribution < 1.29 is 9.59 Å². The second-order valence-corrected chi connectivity index (χ2v) is 10.1. The number of hydrogen-bond acceptors (Lipinski definition) is 4. The molecule has 1 atom stereocenters. The van der Waals surface area contributed by atoms with Crippen molar-refractivity contribution in [1.29, 1.82) is 0 Å². The fraction of sp³-hybridized carbons (Fsp3) is 0.172. The Labute approximate surface area is 226 Å². The van der Waals surface area contributed by atoms with E-state index in [0.717, 1.165) is 16.9 Å². The molecular formula is C29H26Cl2N4O2. The average Bonchev–Trinajstić information content (AvgIpc) is 3.27. The number of nitrogens with one attached hydrogen (secondary N) is 1. The smallest absolute Gasteiger partial charge is 0.260 e. The van der Waals surface area contributed by atoms with Crippen molar-refractivity contribution >= 4 is 46.3 Å². The first-order valence-electron chi connectivity index (χ1n) is 11.9. The van der Waals surface area contributed by atoms with Crippen LogP contribution in [0.5, 0.6) is 0 Å². The third kappa shape index (κ3) is 5.14. The molecule has 0 fully saturated rings. The monoisotopic (exact) mass is 532 g/mol. The molecule has 37 heavy (non-hydrogen) atoms. The zero-order valence-electron chi connectivity index (χ0n) is 20.5. The summed E-state index contributed by atoms with van der Waals surface area (Å²) >= 11 is 12.3. The number of hydrogen-bond donors (Lipinski definition) is 1. The van der Waals surface area contributed by atoms with Gasteiger partial charge in [-0.05, 0) is 80.3 Å². The van der Waals surface area contributed by atoms with Crippen LogP contribution in [0.2, 0.25) is 10.0 Å². The highest BCUT2D eigenvalue weighted by Crippen LogP contribution is 2.32. The van der Waals surface area contributed by atoms with E-state index in [9.17, 15) is 9.59 Å². The SMILES string of the molecule is CN(C)CN(C(=O)c1ccc(Cl)cc1Cl)c1ccc(C(=O)C2Nc3ccccc3Cn3cccc32)cc1. The van der Waals surface area contributed by atoms with Gasteiger partial charge in [-0.25, -0.2) is 0 Å². The predicted octanol–water partition coefficient (Wildman–Crippen LogP) is 6.36. The summed E-state index contributed by atoms with van der Waals surface area (Å²) in [4.78, 5) is 30.7. The topological polar surface area (TPSA) is 57.6 Å². The van der Waals surface area contributed by atoms with Gasteiger partial charge in [0.1, 0.15) is 6.04 Å². The van der Waals surface area contributed by atoms with Crippen molar-refractivity contribution in [1.82, 2.24) is 9.47 Å². The summed E-state index contributed by atoms with van der Waals surface area (Å²) < 4.78 is 2.10. The van der Waals surface area contributed by atoms with Gasteiger partial charge in [-0.15, -0.1) is 0 Å². The van der Waals surface area contributed by atoms with E-state index in [2.05, 4.69) is 16.0 Å². The van der Waals surface area contributed by atoms with Crippen LogP contribution < -0.4 is 10.2 Å². The van der Waals surface area contributed by atoms with Gasteiger partial charge in [0, 0.05) is 40.4 Å². The Balaban J connectivity index is 1.44. The lowest BCUT2D eigenvalue weighted by molar-refractivity contribution is 0.0964. The van der Waals surface area contributed by atoms with E-state index >= 15 is 0 Å². The van der Waals surface area contributed by atoms with Gasteiger partial charge < -0.3 is 9.88 Å². The Morgan fingerprint density at radius 3 is 2.46 bits per heavy atom. The molecule has 3 aromatic carbocycles. The molecule has 1 N–H and O–H groups in total. The maximum absolute atomic E-state index is 13.7. The predicted molar refractivity (Wildman–Crippen MR) is 149 cm³/mol. The lowest BCUT2D eigenvalue weighted by atomic mass is 10.0. The summed E-state index contributed by atoms with van der Waals surface area (Å²) in [6, 6.07) is 23.4. The number of anilines is 2. The number of carbonyl (C=O) groups is 2. The molecule has 1 amide bonds. The summed E-state index contributed by atoms with van der Waals surface area (Å²) in [7, 11) is 3.76. The van der Waals surface area contributed by atoms with Crippen LogP contribution in [-0.4, -0.2) is 41.9 Å². The molecule has 8 heteroatoms. The quantitative estimate of drug-likeness (QED) is 0.232. The van der Waals surface area contributed by atoms with Gasteiger partial charge in [-0.3, -0.25) is 19.4 Å². The van der Waals surface area contributed by atoms with E-state index in [1.165, 1.54) is 0 Å². The van der Waals surface area contributed by atoms with Crippen LogP contribution in [0, 0.1) is 0 Å². The van der Waals surface area contributed by atoms with Crippen molar-refractivity contribution in [2.45, 2.75) is 12.6 Å². The number of halogens is 2. The Kier molecular flexibility index (Phi) is 7.07. The first kappa shape index (κ1) is 25.1. The molecular weight excluding hydrogens is 507 g/mol. The second-order valence-electron chi connectivity index (χ2n) is 9.29. The number of nitrogens with zero attached hydrogens (tertiary/aromatic N) is 3. The van der Waals surface area contributed by atoms with Crippen molar-refractivity contribution in [3.8, 4) is 0 Å². The largest absolute Gasteiger partial charge is 0.370 e. The maximum Gasteiger partial charge on any atom is 0.260 e. The number of fused-ring (bicyclic) bond motifs is 2. The van der Waals surface area contributed by atoms with Crippen LogP contribution in [0.25, 0.3) is 0 Å². The first-order valence-corrected chi connectivity index (χ1v) is 12.6. The van der Waals surface area contributed by atoms with E-state index in [4.69, 9.17) is 23.2 Å². The van der Waals surface area contributed by atoms with E-state index in [-0.39, 0.29) is 16.7 Å². The lowest BCUT2D eigenvalue weighted by Crippen LogP contribution is -2.38. The molecule has 2 heterocycles. The minimum Gasteiger partial charge on any atom is -0.370 e. The maximum atomic E-state index is 13.7. The summed E-state index contributed by atoms with van der Waals surface area (Å²) in [5, 5.41) is 4.20. The van der Waals surface area contributed by atoms with Gasteiger partial charge in [0.15, 0.2) is 5.78 Å². The number of ketones is 1. The molecule has 1 aliphatic heterocycles. The molecule has 0 aliphatic carbocycles. The van der Waals surface area contributed by atoms with E-state index in [1.54, 1.807) is 47.4 Å². The number of Topliss-reactive ketones (excluding diaryl/α,β-unsaturated/α-hetero) is 1. The summed E-state index contributed by atoms with van der Waals surface area (Å²) in [6.07, 6.45) is 2.00. The molecule has 4 aromatic rings. The third-order valence-corrected chi connectivity index (χ3v) is 6.92. The molecule has 1 aromatic heterocycles. The molecule has 0 spiro atoms. The molecule has 0 saturated carbocycles. The highest BCUT2D eigenvalue weighted by molar-refractivity contribution is 6.37. The van der Waals surface area contributed by atoms with Gasteiger partial charge in [0.25, 0.3) is 5.91 Å². The summed E-state index contributed by atoms with van der Waals surface area (Å²) in [5.74, 6) is -0.302. The van der Waals surface area contributed by atoms with E-state index < -0.39 is 6.04 Å². The minimum atomic E-state index is -0.531. The van der Waals surface area contributed by atoms with Crippen molar-refractivity contribution in [2.24, 2.45) is 0 Å². The van der Waals surface area contributed by atoms with Crippen LogP contribution >= 0.6 is 23.2 Å². The fourth-order valence-electron chi connectivity index (χ4n) is 4.57. The zero-order chi connectivity index (χ0) is 26.1. The molecule has 5 rings (SSSR count). The molecule has 1 unspecified atom stereocenters.